The van der Waals surface area contributed by atoms with Gasteiger partial charge in [0.1, 0.15) is 0 Å². The molecule has 0 unspecified atom stereocenters. The number of hydrogen-bond donors (Lipinski definition) is 2. The molecule has 0 bridgehead atoms. The lowest BCUT2D eigenvalue weighted by atomic mass is 10.1. The quantitative estimate of drug-likeness (QED) is 0.584. The Hall–Kier alpha value is -1.82. The highest BCUT2D eigenvalue weighted by Gasteiger charge is 2.17. The van der Waals surface area contributed by atoms with E-state index >= 15 is 0 Å². The standard InChI is InChI=1S/C11H16N2O4/c1-3-17-11-6-8(2)9(12-4-5-14)7-10(11)13(15)16/h6-7,12,14H,3-5H2,1-2H3. The van der Waals surface area contributed by atoms with Crippen molar-refractivity contribution in [2.45, 2.75) is 13.8 Å². The van der Waals surface area contributed by atoms with Gasteiger partial charge < -0.3 is 15.2 Å². The molecule has 6 nitrogen and oxygen atoms in total. The number of hydrogen-bond acceptors (Lipinski definition) is 5. The second kappa shape index (κ2) is 6.05. The van der Waals surface area contributed by atoms with Gasteiger partial charge in [-0.3, -0.25) is 10.1 Å². The summed E-state index contributed by atoms with van der Waals surface area (Å²) in [6.45, 7) is 4.30. The molecular formula is C11H16N2O4. The van der Waals surface area contributed by atoms with Gasteiger partial charge in [0.05, 0.1) is 18.1 Å². The molecule has 0 saturated carbocycles. The van der Waals surface area contributed by atoms with E-state index in [1.165, 1.54) is 6.07 Å². The molecule has 0 aromatic heterocycles. The summed E-state index contributed by atoms with van der Waals surface area (Å²) in [5.41, 5.74) is 1.40. The van der Waals surface area contributed by atoms with E-state index in [0.29, 0.717) is 18.8 Å². The first-order chi connectivity index (χ1) is 8.10. The number of nitrogens with one attached hydrogen (secondary N) is 1. The minimum atomic E-state index is -0.478. The summed E-state index contributed by atoms with van der Waals surface area (Å²) in [6.07, 6.45) is 0. The first kappa shape index (κ1) is 13.2. The molecule has 17 heavy (non-hydrogen) atoms. The van der Waals surface area contributed by atoms with Crippen LogP contribution < -0.4 is 10.1 Å². The molecule has 0 aliphatic rings. The summed E-state index contributed by atoms with van der Waals surface area (Å²) in [6, 6.07) is 3.05. The maximum atomic E-state index is 10.9. The third kappa shape index (κ3) is 3.32. The SMILES string of the molecule is CCOc1cc(C)c(NCCO)cc1[N+](=O)[O-]. The Kier molecular flexibility index (Phi) is 4.71. The van der Waals surface area contributed by atoms with Crippen LogP contribution in [-0.2, 0) is 0 Å². The Balaban J connectivity index is 3.10. The molecule has 1 rings (SSSR count). The number of nitro benzene ring substituents is 1. The van der Waals surface area contributed by atoms with E-state index in [2.05, 4.69) is 5.32 Å². The van der Waals surface area contributed by atoms with E-state index in [1.54, 1.807) is 13.0 Å². The highest BCUT2D eigenvalue weighted by molar-refractivity contribution is 5.63. The minimum Gasteiger partial charge on any atom is -0.487 e. The van der Waals surface area contributed by atoms with Crippen molar-refractivity contribution in [3.8, 4) is 5.75 Å². The Labute approximate surface area is 99.4 Å². The van der Waals surface area contributed by atoms with Crippen LogP contribution in [0.15, 0.2) is 12.1 Å². The average molecular weight is 240 g/mol. The lowest BCUT2D eigenvalue weighted by molar-refractivity contribution is -0.385. The molecule has 2 N–H and O–H groups in total. The molecule has 1 aromatic rings. The maximum absolute atomic E-state index is 10.9. The van der Waals surface area contributed by atoms with Gasteiger partial charge in [0.25, 0.3) is 0 Å². The number of benzene rings is 1. The Morgan fingerprint density at radius 2 is 2.24 bits per heavy atom. The predicted octanol–water partition coefficient (Wildman–Crippen LogP) is 1.71. The largest absolute Gasteiger partial charge is 0.487 e. The van der Waals surface area contributed by atoms with E-state index in [-0.39, 0.29) is 18.0 Å². The second-order valence-electron chi connectivity index (χ2n) is 3.48. The normalized spacial score (nSPS) is 10.1. The van der Waals surface area contributed by atoms with E-state index in [4.69, 9.17) is 9.84 Å². The number of aliphatic hydroxyl groups is 1. The lowest BCUT2D eigenvalue weighted by Gasteiger charge is -2.11. The lowest BCUT2D eigenvalue weighted by Crippen LogP contribution is -2.08. The van der Waals surface area contributed by atoms with Gasteiger partial charge in [0, 0.05) is 18.3 Å². The molecular weight excluding hydrogens is 224 g/mol. The van der Waals surface area contributed by atoms with E-state index in [9.17, 15) is 10.1 Å². The van der Waals surface area contributed by atoms with Crippen molar-refractivity contribution >= 4 is 11.4 Å². The van der Waals surface area contributed by atoms with Crippen molar-refractivity contribution in [1.29, 1.82) is 0 Å². The summed E-state index contributed by atoms with van der Waals surface area (Å²) < 4.78 is 5.22. The topological polar surface area (TPSA) is 84.6 Å². The van der Waals surface area contributed by atoms with Crippen LogP contribution in [0.4, 0.5) is 11.4 Å². The van der Waals surface area contributed by atoms with Crippen LogP contribution in [0.1, 0.15) is 12.5 Å². The summed E-state index contributed by atoms with van der Waals surface area (Å²) in [5, 5.41) is 22.5. The van der Waals surface area contributed by atoms with Crippen molar-refractivity contribution in [2.24, 2.45) is 0 Å². The van der Waals surface area contributed by atoms with E-state index in [0.717, 1.165) is 5.56 Å². The molecule has 0 radical (unpaired) electrons. The number of aliphatic hydroxyl groups excluding tert-OH is 1. The first-order valence-corrected chi connectivity index (χ1v) is 5.36. The van der Waals surface area contributed by atoms with Gasteiger partial charge in [-0.25, -0.2) is 0 Å². The van der Waals surface area contributed by atoms with Crippen LogP contribution in [0.2, 0.25) is 0 Å². The van der Waals surface area contributed by atoms with Gasteiger partial charge in [0.15, 0.2) is 5.75 Å². The summed E-state index contributed by atoms with van der Waals surface area (Å²) >= 11 is 0. The van der Waals surface area contributed by atoms with Gasteiger partial charge in [-0.05, 0) is 25.5 Å². The third-order valence-electron chi connectivity index (χ3n) is 2.23. The maximum Gasteiger partial charge on any atom is 0.312 e. The van der Waals surface area contributed by atoms with Crippen LogP contribution in [0.25, 0.3) is 0 Å². The van der Waals surface area contributed by atoms with Gasteiger partial charge in [-0.1, -0.05) is 0 Å². The highest BCUT2D eigenvalue weighted by Crippen LogP contribution is 2.32. The fourth-order valence-corrected chi connectivity index (χ4v) is 1.46. The van der Waals surface area contributed by atoms with Crippen LogP contribution in [0.5, 0.6) is 5.75 Å². The van der Waals surface area contributed by atoms with Gasteiger partial charge >= 0.3 is 5.69 Å². The molecule has 0 heterocycles. The summed E-state index contributed by atoms with van der Waals surface area (Å²) in [4.78, 5) is 10.4. The van der Waals surface area contributed by atoms with Crippen LogP contribution in [-0.4, -0.2) is 29.8 Å². The zero-order valence-electron chi connectivity index (χ0n) is 9.90. The molecule has 0 amide bonds. The molecule has 0 fully saturated rings. The highest BCUT2D eigenvalue weighted by atomic mass is 16.6. The number of aryl methyl sites for hydroxylation is 1. The van der Waals surface area contributed by atoms with Crippen LogP contribution in [0, 0.1) is 17.0 Å². The van der Waals surface area contributed by atoms with Crippen molar-refractivity contribution in [3.05, 3.63) is 27.8 Å². The minimum absolute atomic E-state index is 0.0273. The third-order valence-corrected chi connectivity index (χ3v) is 2.23. The van der Waals surface area contributed by atoms with Gasteiger partial charge in [-0.2, -0.15) is 0 Å². The smallest absolute Gasteiger partial charge is 0.312 e. The van der Waals surface area contributed by atoms with Gasteiger partial charge in [0.2, 0.25) is 0 Å². The second-order valence-corrected chi connectivity index (χ2v) is 3.48. The molecule has 94 valence electrons. The Morgan fingerprint density at radius 1 is 1.53 bits per heavy atom. The van der Waals surface area contributed by atoms with E-state index < -0.39 is 4.92 Å². The predicted molar refractivity (Wildman–Crippen MR) is 64.6 cm³/mol. The van der Waals surface area contributed by atoms with Crippen molar-refractivity contribution in [3.63, 3.8) is 0 Å². The van der Waals surface area contributed by atoms with Crippen molar-refractivity contribution in [1.82, 2.24) is 0 Å². The first-order valence-electron chi connectivity index (χ1n) is 5.36. The molecule has 1 aromatic carbocycles. The summed E-state index contributed by atoms with van der Waals surface area (Å²) in [7, 11) is 0. The fraction of sp³-hybridized carbons (Fsp3) is 0.455. The van der Waals surface area contributed by atoms with Crippen molar-refractivity contribution in [2.75, 3.05) is 25.1 Å². The Morgan fingerprint density at radius 3 is 2.76 bits per heavy atom. The monoisotopic (exact) mass is 240 g/mol. The average Bonchev–Trinajstić information content (AvgIpc) is 2.28. The number of ether oxygens (including phenoxy) is 1. The zero-order chi connectivity index (χ0) is 12.8. The Bertz CT molecular complexity index is 407. The van der Waals surface area contributed by atoms with E-state index in [1.807, 2.05) is 6.92 Å². The number of anilines is 1. The molecule has 6 heteroatoms. The summed E-state index contributed by atoms with van der Waals surface area (Å²) in [5.74, 6) is 0.268. The zero-order valence-corrected chi connectivity index (χ0v) is 9.90. The molecule has 0 spiro atoms. The van der Waals surface area contributed by atoms with Crippen LogP contribution >= 0.6 is 0 Å². The molecule has 0 aliphatic carbocycles. The molecule has 0 aliphatic heterocycles. The molecule has 0 saturated heterocycles. The number of rotatable bonds is 6. The fourth-order valence-electron chi connectivity index (χ4n) is 1.46. The van der Waals surface area contributed by atoms with Crippen molar-refractivity contribution < 1.29 is 14.8 Å². The molecule has 0 atom stereocenters. The number of nitro groups is 1. The van der Waals surface area contributed by atoms with Crippen LogP contribution in [0.3, 0.4) is 0 Å². The number of nitrogens with zero attached hydrogens (tertiary/aromatic N) is 1. The van der Waals surface area contributed by atoms with Gasteiger partial charge in [-0.15, -0.1) is 0 Å².